The molecule has 1 aliphatic rings. The molecule has 0 amide bonds. The van der Waals surface area contributed by atoms with Crippen molar-refractivity contribution in [2.45, 2.75) is 26.3 Å². The monoisotopic (exact) mass is 279 g/mol. The van der Waals surface area contributed by atoms with Crippen molar-refractivity contribution in [2.75, 3.05) is 24.7 Å². The van der Waals surface area contributed by atoms with Crippen molar-refractivity contribution in [1.29, 1.82) is 5.26 Å². The third kappa shape index (κ3) is 3.37. The Bertz CT molecular complexity index is 484. The highest BCUT2D eigenvalue weighted by molar-refractivity contribution is 6.33. The molecule has 2 heterocycles. The number of anilines is 1. The van der Waals surface area contributed by atoms with Gasteiger partial charge in [-0.3, -0.25) is 0 Å². The van der Waals surface area contributed by atoms with Crippen LogP contribution in [0.5, 0.6) is 0 Å². The Balaban J connectivity index is 2.24. The molecule has 0 spiro atoms. The molecule has 5 heteroatoms. The van der Waals surface area contributed by atoms with E-state index in [1.165, 1.54) is 0 Å². The lowest BCUT2D eigenvalue weighted by atomic mass is 10.0. The number of nitrogens with zero attached hydrogens (tertiary/aromatic N) is 3. The highest BCUT2D eigenvalue weighted by Crippen LogP contribution is 2.28. The normalized spacial score (nSPS) is 19.5. The van der Waals surface area contributed by atoms with Crippen LogP contribution < -0.4 is 4.90 Å². The summed E-state index contributed by atoms with van der Waals surface area (Å²) >= 11 is 6.25. The van der Waals surface area contributed by atoms with Gasteiger partial charge in [0.1, 0.15) is 11.9 Å². The van der Waals surface area contributed by atoms with Crippen LogP contribution >= 0.6 is 11.6 Å². The second-order valence-corrected chi connectivity index (χ2v) is 5.60. The average Bonchev–Trinajstić information content (AvgIpc) is 2.39. The van der Waals surface area contributed by atoms with Gasteiger partial charge in [0.15, 0.2) is 0 Å². The first-order chi connectivity index (χ1) is 9.11. The van der Waals surface area contributed by atoms with Gasteiger partial charge in [0.05, 0.1) is 29.8 Å². The molecule has 0 saturated carbocycles. The summed E-state index contributed by atoms with van der Waals surface area (Å²) in [5.74, 6) is 1.35. The lowest BCUT2D eigenvalue weighted by molar-refractivity contribution is 0.0873. The maximum atomic E-state index is 8.85. The van der Waals surface area contributed by atoms with Gasteiger partial charge in [-0.25, -0.2) is 4.98 Å². The van der Waals surface area contributed by atoms with Crippen LogP contribution in [0.1, 0.15) is 25.8 Å². The van der Waals surface area contributed by atoms with Gasteiger partial charge in [-0.15, -0.1) is 0 Å². The summed E-state index contributed by atoms with van der Waals surface area (Å²) in [7, 11) is 0. The van der Waals surface area contributed by atoms with E-state index in [2.05, 4.69) is 29.8 Å². The van der Waals surface area contributed by atoms with Gasteiger partial charge in [-0.2, -0.15) is 5.26 Å². The van der Waals surface area contributed by atoms with Gasteiger partial charge in [-0.05, 0) is 18.4 Å². The van der Waals surface area contributed by atoms with Crippen molar-refractivity contribution in [3.63, 3.8) is 0 Å². The number of aromatic nitrogens is 1. The van der Waals surface area contributed by atoms with Crippen molar-refractivity contribution in [2.24, 2.45) is 5.92 Å². The summed E-state index contributed by atoms with van der Waals surface area (Å²) in [6.07, 6.45) is 2.61. The largest absolute Gasteiger partial charge is 0.377 e. The Hall–Kier alpha value is -1.31. The zero-order chi connectivity index (χ0) is 13.8. The maximum absolute atomic E-state index is 8.85. The lowest BCUT2D eigenvalue weighted by Crippen LogP contribution is -2.46. The molecule has 0 aliphatic carbocycles. The van der Waals surface area contributed by atoms with Crippen molar-refractivity contribution >= 4 is 17.4 Å². The first-order valence-electron chi connectivity index (χ1n) is 6.52. The average molecular weight is 280 g/mol. The molecule has 2 rings (SSSR count). The molecule has 1 atom stereocenters. The number of hydrogen-bond acceptors (Lipinski definition) is 4. The maximum Gasteiger partial charge on any atom is 0.147 e. The topological polar surface area (TPSA) is 49.1 Å². The highest BCUT2D eigenvalue weighted by Gasteiger charge is 2.26. The molecule has 0 bridgehead atoms. The molecule has 0 N–H and O–H groups in total. The van der Waals surface area contributed by atoms with Crippen molar-refractivity contribution in [3.05, 3.63) is 22.8 Å². The molecule has 102 valence electrons. The first kappa shape index (κ1) is 14.1. The zero-order valence-electron chi connectivity index (χ0n) is 11.3. The molecule has 1 aromatic heterocycles. The van der Waals surface area contributed by atoms with Gasteiger partial charge in [0, 0.05) is 12.7 Å². The van der Waals surface area contributed by atoms with E-state index in [0.717, 1.165) is 18.8 Å². The Morgan fingerprint density at radius 1 is 1.63 bits per heavy atom. The zero-order valence-corrected chi connectivity index (χ0v) is 12.0. The van der Waals surface area contributed by atoms with Gasteiger partial charge in [0.25, 0.3) is 0 Å². The van der Waals surface area contributed by atoms with E-state index in [1.807, 2.05) is 0 Å². The molecule has 1 aromatic rings. The minimum Gasteiger partial charge on any atom is -0.377 e. The quantitative estimate of drug-likeness (QED) is 0.854. The van der Waals surface area contributed by atoms with Gasteiger partial charge in [0.2, 0.25) is 0 Å². The van der Waals surface area contributed by atoms with Crippen LogP contribution in [0, 0.1) is 17.2 Å². The molecular formula is C14H18ClN3O. The van der Waals surface area contributed by atoms with Crippen LogP contribution in [-0.2, 0) is 4.74 Å². The number of halogens is 1. The van der Waals surface area contributed by atoms with Crippen LogP contribution in [0.3, 0.4) is 0 Å². The van der Waals surface area contributed by atoms with E-state index in [9.17, 15) is 0 Å². The fourth-order valence-corrected chi connectivity index (χ4v) is 2.65. The molecule has 4 nitrogen and oxygen atoms in total. The summed E-state index contributed by atoms with van der Waals surface area (Å²) in [4.78, 5) is 6.55. The SMILES string of the molecule is CC(C)CC1COCCN1c1ncc(C#N)cc1Cl. The fraction of sp³-hybridized carbons (Fsp3) is 0.571. The van der Waals surface area contributed by atoms with E-state index in [4.69, 9.17) is 21.6 Å². The number of pyridine rings is 1. The molecular weight excluding hydrogens is 262 g/mol. The molecule has 1 saturated heterocycles. The number of hydrogen-bond donors (Lipinski definition) is 0. The lowest BCUT2D eigenvalue weighted by Gasteiger charge is -2.37. The summed E-state index contributed by atoms with van der Waals surface area (Å²) in [5.41, 5.74) is 0.488. The molecule has 19 heavy (non-hydrogen) atoms. The Morgan fingerprint density at radius 3 is 3.05 bits per heavy atom. The van der Waals surface area contributed by atoms with E-state index < -0.39 is 0 Å². The standard InChI is InChI=1S/C14H18ClN3O/c1-10(2)5-12-9-19-4-3-18(12)14-13(15)6-11(7-16)8-17-14/h6,8,10,12H,3-5,9H2,1-2H3. The summed E-state index contributed by atoms with van der Waals surface area (Å²) in [6.45, 7) is 6.57. The van der Waals surface area contributed by atoms with Crippen molar-refractivity contribution in [3.8, 4) is 6.07 Å². The van der Waals surface area contributed by atoms with Crippen LogP contribution in [0.15, 0.2) is 12.3 Å². The van der Waals surface area contributed by atoms with Gasteiger partial charge in [-0.1, -0.05) is 25.4 Å². The van der Waals surface area contributed by atoms with Crippen LogP contribution in [0.2, 0.25) is 5.02 Å². The van der Waals surface area contributed by atoms with E-state index in [0.29, 0.717) is 35.8 Å². The molecule has 1 unspecified atom stereocenters. The van der Waals surface area contributed by atoms with Crippen LogP contribution in [0.4, 0.5) is 5.82 Å². The summed E-state index contributed by atoms with van der Waals surface area (Å²) in [6, 6.07) is 4.02. The van der Waals surface area contributed by atoms with E-state index in [1.54, 1.807) is 12.3 Å². The molecule has 0 radical (unpaired) electrons. The van der Waals surface area contributed by atoms with Crippen LogP contribution in [-0.4, -0.2) is 30.8 Å². The Labute approximate surface area is 118 Å². The predicted molar refractivity (Wildman–Crippen MR) is 75.4 cm³/mol. The number of morpholine rings is 1. The molecule has 0 aromatic carbocycles. The minimum absolute atomic E-state index is 0.298. The predicted octanol–water partition coefficient (Wildman–Crippen LogP) is 2.86. The second-order valence-electron chi connectivity index (χ2n) is 5.19. The second kappa shape index (κ2) is 6.23. The molecule has 1 fully saturated rings. The number of ether oxygens (including phenoxy) is 1. The molecule has 1 aliphatic heterocycles. The summed E-state index contributed by atoms with van der Waals surface area (Å²) < 4.78 is 5.55. The third-order valence-corrected chi connectivity index (χ3v) is 3.47. The smallest absolute Gasteiger partial charge is 0.147 e. The number of rotatable bonds is 3. The van der Waals surface area contributed by atoms with Gasteiger partial charge >= 0.3 is 0 Å². The first-order valence-corrected chi connectivity index (χ1v) is 6.89. The Morgan fingerprint density at radius 2 is 2.42 bits per heavy atom. The minimum atomic E-state index is 0.298. The van der Waals surface area contributed by atoms with Crippen molar-refractivity contribution in [1.82, 2.24) is 4.98 Å². The Kier molecular flexibility index (Phi) is 4.62. The highest BCUT2D eigenvalue weighted by atomic mass is 35.5. The fourth-order valence-electron chi connectivity index (χ4n) is 2.38. The number of nitriles is 1. The third-order valence-electron chi connectivity index (χ3n) is 3.19. The van der Waals surface area contributed by atoms with Crippen molar-refractivity contribution < 1.29 is 4.74 Å². The van der Waals surface area contributed by atoms with Crippen LogP contribution in [0.25, 0.3) is 0 Å². The van der Waals surface area contributed by atoms with E-state index in [-0.39, 0.29) is 0 Å². The van der Waals surface area contributed by atoms with Gasteiger partial charge < -0.3 is 9.64 Å². The summed E-state index contributed by atoms with van der Waals surface area (Å²) in [5, 5.41) is 9.39. The van der Waals surface area contributed by atoms with E-state index >= 15 is 0 Å².